The number of aryl methyl sites for hydroxylation is 1. The maximum Gasteiger partial charge on any atom is 0.303 e. The van der Waals surface area contributed by atoms with Crippen LogP contribution in [0.5, 0.6) is 0 Å². The van der Waals surface area contributed by atoms with Gasteiger partial charge in [-0.15, -0.1) is 0 Å². The molecule has 0 spiro atoms. The Bertz CT molecular complexity index is 963. The Morgan fingerprint density at radius 2 is 1.60 bits per heavy atom. The van der Waals surface area contributed by atoms with Gasteiger partial charge < -0.3 is 15.1 Å². The molecule has 2 aromatic carbocycles. The number of hydrogen-bond acceptors (Lipinski definition) is 4. The highest BCUT2D eigenvalue weighted by Crippen LogP contribution is 2.39. The maximum absolute atomic E-state index is 12.9. The number of ketones is 1. The van der Waals surface area contributed by atoms with E-state index in [9.17, 15) is 19.5 Å². The second-order valence-corrected chi connectivity index (χ2v) is 7.47. The summed E-state index contributed by atoms with van der Waals surface area (Å²) >= 11 is 0. The number of carbonyl (C=O) groups is 3. The SMILES string of the molecule is Cc1ccc(C(O)=C2C(=O)C(=O)N(CCCCCC(=O)O)[C@@H]2c2ccccc2)cc1. The van der Waals surface area contributed by atoms with Crippen LogP contribution in [0, 0.1) is 6.92 Å². The van der Waals surface area contributed by atoms with Crippen molar-refractivity contribution in [2.24, 2.45) is 0 Å². The van der Waals surface area contributed by atoms with Crippen molar-refractivity contribution in [1.82, 2.24) is 4.90 Å². The standard InChI is InChI=1S/C24H25NO5/c1-16-11-13-18(14-12-16)22(28)20-21(17-8-4-2-5-9-17)25(24(30)23(20)29)15-7-3-6-10-19(26)27/h2,4-5,8-9,11-14,21,28H,3,6-7,10,15H2,1H3,(H,26,27)/t21-/m1/s1. The van der Waals surface area contributed by atoms with Crippen LogP contribution < -0.4 is 0 Å². The van der Waals surface area contributed by atoms with E-state index in [-0.39, 0.29) is 17.8 Å². The van der Waals surface area contributed by atoms with Crippen molar-refractivity contribution >= 4 is 23.4 Å². The molecule has 0 radical (unpaired) electrons. The quantitative estimate of drug-likeness (QED) is 0.298. The lowest BCUT2D eigenvalue weighted by molar-refractivity contribution is -0.140. The van der Waals surface area contributed by atoms with Crippen molar-refractivity contribution in [2.45, 2.75) is 38.6 Å². The highest BCUT2D eigenvalue weighted by molar-refractivity contribution is 6.46. The molecule has 1 amide bonds. The van der Waals surface area contributed by atoms with Gasteiger partial charge in [0.1, 0.15) is 5.76 Å². The number of Topliss-reactive ketones (excluding diaryl/α,β-unsaturated/α-hetero) is 1. The van der Waals surface area contributed by atoms with E-state index < -0.39 is 23.7 Å². The first kappa shape index (κ1) is 21.3. The third kappa shape index (κ3) is 4.59. The number of carboxylic acids is 1. The number of aliphatic hydroxyl groups excluding tert-OH is 1. The Morgan fingerprint density at radius 3 is 2.23 bits per heavy atom. The van der Waals surface area contributed by atoms with Crippen molar-refractivity contribution in [3.05, 3.63) is 76.9 Å². The predicted octanol–water partition coefficient (Wildman–Crippen LogP) is 4.06. The Labute approximate surface area is 175 Å². The molecular weight excluding hydrogens is 382 g/mol. The second-order valence-electron chi connectivity index (χ2n) is 7.47. The fraction of sp³-hybridized carbons (Fsp3) is 0.292. The van der Waals surface area contributed by atoms with Gasteiger partial charge in [-0.05, 0) is 25.3 Å². The molecule has 1 fully saturated rings. The summed E-state index contributed by atoms with van der Waals surface area (Å²) in [5, 5.41) is 19.7. The molecular formula is C24H25NO5. The molecule has 1 saturated heterocycles. The van der Waals surface area contributed by atoms with Crippen LogP contribution in [0.1, 0.15) is 48.4 Å². The normalized spacial score (nSPS) is 18.0. The van der Waals surface area contributed by atoms with Gasteiger partial charge in [-0.25, -0.2) is 0 Å². The first-order valence-corrected chi connectivity index (χ1v) is 10.0. The number of aliphatic carboxylic acids is 1. The topological polar surface area (TPSA) is 94.9 Å². The van der Waals surface area contributed by atoms with Crippen LogP contribution in [-0.2, 0) is 14.4 Å². The third-order valence-electron chi connectivity index (χ3n) is 5.27. The lowest BCUT2D eigenvalue weighted by atomic mass is 9.95. The summed E-state index contributed by atoms with van der Waals surface area (Å²) in [5.41, 5.74) is 2.34. The van der Waals surface area contributed by atoms with Crippen LogP contribution in [0.2, 0.25) is 0 Å². The molecule has 1 aliphatic heterocycles. The van der Waals surface area contributed by atoms with Gasteiger partial charge >= 0.3 is 5.97 Å². The van der Waals surface area contributed by atoms with Crippen molar-refractivity contribution < 1.29 is 24.6 Å². The highest BCUT2D eigenvalue weighted by Gasteiger charge is 2.45. The summed E-state index contributed by atoms with van der Waals surface area (Å²) in [5.74, 6) is -2.38. The molecule has 0 aromatic heterocycles. The van der Waals surface area contributed by atoms with Gasteiger partial charge in [0.15, 0.2) is 0 Å². The molecule has 1 heterocycles. The van der Waals surface area contributed by atoms with Crippen LogP contribution in [0.3, 0.4) is 0 Å². The number of unbranched alkanes of at least 4 members (excludes halogenated alkanes) is 2. The number of likely N-dealkylation sites (tertiary alicyclic amines) is 1. The summed E-state index contributed by atoms with van der Waals surface area (Å²) in [6, 6.07) is 15.6. The molecule has 156 valence electrons. The third-order valence-corrected chi connectivity index (χ3v) is 5.27. The van der Waals surface area contributed by atoms with Gasteiger partial charge in [-0.2, -0.15) is 0 Å². The number of nitrogens with zero attached hydrogens (tertiary/aromatic N) is 1. The molecule has 6 nitrogen and oxygen atoms in total. The number of rotatable bonds is 8. The number of aliphatic hydroxyl groups is 1. The van der Waals surface area contributed by atoms with E-state index in [1.165, 1.54) is 4.90 Å². The van der Waals surface area contributed by atoms with E-state index in [1.54, 1.807) is 12.1 Å². The summed E-state index contributed by atoms with van der Waals surface area (Å²) in [6.07, 6.45) is 1.80. The van der Waals surface area contributed by atoms with Gasteiger partial charge in [0, 0.05) is 18.5 Å². The summed E-state index contributed by atoms with van der Waals surface area (Å²) < 4.78 is 0. The summed E-state index contributed by atoms with van der Waals surface area (Å²) in [7, 11) is 0. The predicted molar refractivity (Wildman–Crippen MR) is 113 cm³/mol. The highest BCUT2D eigenvalue weighted by atomic mass is 16.4. The van der Waals surface area contributed by atoms with E-state index in [1.807, 2.05) is 49.4 Å². The monoisotopic (exact) mass is 407 g/mol. The Balaban J connectivity index is 1.94. The van der Waals surface area contributed by atoms with Crippen molar-refractivity contribution in [3.8, 4) is 0 Å². The average Bonchev–Trinajstić information content (AvgIpc) is 2.99. The van der Waals surface area contributed by atoms with Crippen molar-refractivity contribution in [1.29, 1.82) is 0 Å². The van der Waals surface area contributed by atoms with Crippen LogP contribution in [0.25, 0.3) is 5.76 Å². The lowest BCUT2D eigenvalue weighted by Crippen LogP contribution is -2.30. The van der Waals surface area contributed by atoms with Crippen LogP contribution >= 0.6 is 0 Å². The van der Waals surface area contributed by atoms with Gasteiger partial charge in [0.05, 0.1) is 11.6 Å². The molecule has 2 N–H and O–H groups in total. The molecule has 0 unspecified atom stereocenters. The lowest BCUT2D eigenvalue weighted by Gasteiger charge is -2.25. The number of carboxylic acid groups (broad SMARTS) is 1. The number of benzene rings is 2. The Morgan fingerprint density at radius 1 is 0.933 bits per heavy atom. The zero-order chi connectivity index (χ0) is 21.7. The molecule has 30 heavy (non-hydrogen) atoms. The minimum Gasteiger partial charge on any atom is -0.507 e. The van der Waals surface area contributed by atoms with Gasteiger partial charge in [0.2, 0.25) is 0 Å². The number of amides is 1. The van der Waals surface area contributed by atoms with Crippen molar-refractivity contribution in [3.63, 3.8) is 0 Å². The molecule has 2 aromatic rings. The molecule has 6 heteroatoms. The van der Waals surface area contributed by atoms with Gasteiger partial charge in [-0.3, -0.25) is 14.4 Å². The van der Waals surface area contributed by atoms with Crippen molar-refractivity contribution in [2.75, 3.05) is 6.54 Å². The zero-order valence-electron chi connectivity index (χ0n) is 16.9. The summed E-state index contributed by atoms with van der Waals surface area (Å²) in [4.78, 5) is 37.8. The molecule has 0 bridgehead atoms. The maximum atomic E-state index is 12.9. The molecule has 1 atom stereocenters. The number of hydrogen-bond donors (Lipinski definition) is 2. The van der Waals surface area contributed by atoms with Crippen LogP contribution in [0.15, 0.2) is 60.2 Å². The van der Waals surface area contributed by atoms with E-state index in [0.29, 0.717) is 31.4 Å². The minimum atomic E-state index is -0.849. The molecule has 3 rings (SSSR count). The molecule has 0 saturated carbocycles. The molecule has 1 aliphatic rings. The smallest absolute Gasteiger partial charge is 0.303 e. The first-order chi connectivity index (χ1) is 14.4. The average molecular weight is 407 g/mol. The van der Waals surface area contributed by atoms with E-state index in [2.05, 4.69) is 0 Å². The second kappa shape index (κ2) is 9.39. The minimum absolute atomic E-state index is 0.0777. The van der Waals surface area contributed by atoms with E-state index in [4.69, 9.17) is 5.11 Å². The van der Waals surface area contributed by atoms with Crippen LogP contribution in [-0.4, -0.2) is 39.3 Å². The van der Waals surface area contributed by atoms with Crippen LogP contribution in [0.4, 0.5) is 0 Å². The van der Waals surface area contributed by atoms with Gasteiger partial charge in [-0.1, -0.05) is 66.6 Å². The fourth-order valence-corrected chi connectivity index (χ4v) is 3.69. The molecule has 0 aliphatic carbocycles. The van der Waals surface area contributed by atoms with E-state index in [0.717, 1.165) is 11.1 Å². The fourth-order valence-electron chi connectivity index (χ4n) is 3.69. The largest absolute Gasteiger partial charge is 0.507 e. The Kier molecular flexibility index (Phi) is 6.67. The first-order valence-electron chi connectivity index (χ1n) is 10.0. The van der Waals surface area contributed by atoms with Gasteiger partial charge in [0.25, 0.3) is 11.7 Å². The Hall–Kier alpha value is -3.41. The summed E-state index contributed by atoms with van der Waals surface area (Å²) in [6.45, 7) is 2.24. The zero-order valence-corrected chi connectivity index (χ0v) is 16.9. The number of carbonyl (C=O) groups excluding carboxylic acids is 2. The van der Waals surface area contributed by atoms with E-state index >= 15 is 0 Å².